The van der Waals surface area contributed by atoms with Gasteiger partial charge in [-0.2, -0.15) is 0 Å². The molecule has 0 radical (unpaired) electrons. The Morgan fingerprint density at radius 3 is 2.62 bits per heavy atom. The van der Waals surface area contributed by atoms with Gasteiger partial charge < -0.3 is 14.6 Å². The second-order valence-electron chi connectivity index (χ2n) is 4.36. The van der Waals surface area contributed by atoms with E-state index >= 15 is 0 Å². The van der Waals surface area contributed by atoms with E-state index in [1.165, 1.54) is 12.5 Å². The lowest BCUT2D eigenvalue weighted by molar-refractivity contribution is -0.144. The second-order valence-corrected chi connectivity index (χ2v) is 4.36. The highest BCUT2D eigenvalue weighted by molar-refractivity contribution is 5.81. The van der Waals surface area contributed by atoms with Gasteiger partial charge in [0.1, 0.15) is 12.2 Å². The molecule has 1 amide bonds. The smallest absolute Gasteiger partial charge is 0.415 e. The average Bonchev–Trinajstić information content (AvgIpc) is 2.15. The van der Waals surface area contributed by atoms with Crippen LogP contribution in [0.25, 0.3) is 0 Å². The van der Waals surface area contributed by atoms with E-state index in [0.717, 1.165) is 4.90 Å². The summed E-state index contributed by atoms with van der Waals surface area (Å²) >= 11 is 0. The Morgan fingerprint density at radius 2 is 2.12 bits per heavy atom. The Bertz CT molecular complexity index is 318. The zero-order chi connectivity index (χ0) is 12.3. The maximum Gasteiger partial charge on any atom is 0.415 e. The number of ether oxygens (including phenoxy) is 2. The highest BCUT2D eigenvalue weighted by atomic mass is 16.6. The molecule has 1 rings (SSSR count). The highest BCUT2D eigenvalue weighted by Crippen LogP contribution is 2.15. The van der Waals surface area contributed by atoms with Crippen LogP contribution in [0.4, 0.5) is 4.79 Å². The summed E-state index contributed by atoms with van der Waals surface area (Å²) in [6, 6.07) is -1.04. The van der Waals surface area contributed by atoms with Crippen molar-refractivity contribution >= 4 is 12.1 Å². The quantitative estimate of drug-likeness (QED) is 0.730. The molecule has 1 N–H and O–H groups in total. The predicted molar refractivity (Wildman–Crippen MR) is 54.6 cm³/mol. The van der Waals surface area contributed by atoms with Gasteiger partial charge in [0.05, 0.1) is 6.26 Å². The van der Waals surface area contributed by atoms with Gasteiger partial charge in [0, 0.05) is 6.20 Å². The van der Waals surface area contributed by atoms with E-state index in [-0.39, 0.29) is 6.61 Å². The first-order valence-electron chi connectivity index (χ1n) is 4.83. The van der Waals surface area contributed by atoms with Crippen LogP contribution in [0.2, 0.25) is 0 Å². The highest BCUT2D eigenvalue weighted by Gasteiger charge is 2.33. The molecule has 16 heavy (non-hydrogen) atoms. The van der Waals surface area contributed by atoms with Gasteiger partial charge in [0.2, 0.25) is 0 Å². The molecule has 6 nitrogen and oxygen atoms in total. The molecule has 0 aromatic heterocycles. The Labute approximate surface area is 93.4 Å². The molecule has 0 aromatic rings. The molecular weight excluding hydrogens is 214 g/mol. The van der Waals surface area contributed by atoms with E-state index in [2.05, 4.69) is 0 Å². The molecule has 0 saturated heterocycles. The molecule has 0 bridgehead atoms. The van der Waals surface area contributed by atoms with Crippen LogP contribution in [0.1, 0.15) is 20.8 Å². The van der Waals surface area contributed by atoms with Gasteiger partial charge in [0.25, 0.3) is 0 Å². The van der Waals surface area contributed by atoms with Crippen molar-refractivity contribution in [3.05, 3.63) is 12.5 Å². The van der Waals surface area contributed by atoms with Gasteiger partial charge in [-0.25, -0.2) is 9.59 Å². The number of amides is 1. The Kier molecular flexibility index (Phi) is 3.41. The molecule has 6 heteroatoms. The standard InChI is InChI=1S/C10H15NO5/c1-10(2,3)16-9(14)11-4-5-15-6-7(11)8(12)13/h4-5,7H,6H2,1-3H3,(H,12,13). The summed E-state index contributed by atoms with van der Waals surface area (Å²) in [6.45, 7) is 5.06. The van der Waals surface area contributed by atoms with Crippen LogP contribution >= 0.6 is 0 Å². The lowest BCUT2D eigenvalue weighted by atomic mass is 10.2. The third kappa shape index (κ3) is 3.15. The largest absolute Gasteiger partial charge is 0.497 e. The van der Waals surface area contributed by atoms with Crippen LogP contribution in [0, 0.1) is 0 Å². The van der Waals surface area contributed by atoms with E-state index in [4.69, 9.17) is 14.6 Å². The Morgan fingerprint density at radius 1 is 1.50 bits per heavy atom. The van der Waals surface area contributed by atoms with Crippen molar-refractivity contribution in [2.24, 2.45) is 0 Å². The molecule has 1 unspecified atom stereocenters. The molecule has 0 saturated carbocycles. The first-order valence-corrected chi connectivity index (χ1v) is 4.83. The van der Waals surface area contributed by atoms with Crippen LogP contribution in [0.5, 0.6) is 0 Å². The first-order chi connectivity index (χ1) is 7.31. The lowest BCUT2D eigenvalue weighted by Gasteiger charge is -2.30. The fourth-order valence-corrected chi connectivity index (χ4v) is 1.13. The maximum atomic E-state index is 11.7. The van der Waals surface area contributed by atoms with Crippen LogP contribution in [-0.4, -0.2) is 40.3 Å². The van der Waals surface area contributed by atoms with Crippen molar-refractivity contribution in [1.29, 1.82) is 0 Å². The number of hydrogen-bond acceptors (Lipinski definition) is 4. The molecule has 1 aliphatic rings. The van der Waals surface area contributed by atoms with Crippen molar-refractivity contribution in [3.8, 4) is 0 Å². The number of nitrogens with zero attached hydrogens (tertiary/aromatic N) is 1. The van der Waals surface area contributed by atoms with Crippen LogP contribution in [-0.2, 0) is 14.3 Å². The SMILES string of the molecule is CC(C)(C)OC(=O)N1C=COCC1C(=O)O. The zero-order valence-corrected chi connectivity index (χ0v) is 9.47. The molecule has 1 atom stereocenters. The average molecular weight is 229 g/mol. The van der Waals surface area contributed by atoms with Crippen molar-refractivity contribution < 1.29 is 24.2 Å². The van der Waals surface area contributed by atoms with Crippen LogP contribution < -0.4 is 0 Å². The van der Waals surface area contributed by atoms with Crippen molar-refractivity contribution in [3.63, 3.8) is 0 Å². The number of aliphatic carboxylic acids is 1. The summed E-state index contributed by atoms with van der Waals surface area (Å²) in [5.41, 5.74) is -0.660. The Balaban J connectivity index is 2.76. The summed E-state index contributed by atoms with van der Waals surface area (Å²) in [7, 11) is 0. The van der Waals surface area contributed by atoms with Gasteiger partial charge in [-0.05, 0) is 20.8 Å². The third-order valence-electron chi connectivity index (χ3n) is 1.80. The summed E-state index contributed by atoms with van der Waals surface area (Å²) in [6.07, 6.45) is 1.83. The third-order valence-corrected chi connectivity index (χ3v) is 1.80. The fraction of sp³-hybridized carbons (Fsp3) is 0.600. The van der Waals surface area contributed by atoms with Crippen molar-refractivity contribution in [2.45, 2.75) is 32.4 Å². The van der Waals surface area contributed by atoms with Gasteiger partial charge in [-0.3, -0.25) is 4.90 Å². The van der Waals surface area contributed by atoms with Gasteiger partial charge in [-0.1, -0.05) is 0 Å². The number of rotatable bonds is 1. The second kappa shape index (κ2) is 4.42. The normalized spacial score (nSPS) is 20.2. The number of carbonyl (C=O) groups excluding carboxylic acids is 1. The summed E-state index contributed by atoms with van der Waals surface area (Å²) < 4.78 is 9.92. The van der Waals surface area contributed by atoms with E-state index in [1.807, 2.05) is 0 Å². The summed E-state index contributed by atoms with van der Waals surface area (Å²) in [5.74, 6) is -1.13. The van der Waals surface area contributed by atoms with E-state index in [1.54, 1.807) is 20.8 Å². The van der Waals surface area contributed by atoms with Crippen LogP contribution in [0.15, 0.2) is 12.5 Å². The zero-order valence-electron chi connectivity index (χ0n) is 9.47. The van der Waals surface area contributed by atoms with Gasteiger partial charge in [0.15, 0.2) is 6.04 Å². The van der Waals surface area contributed by atoms with Crippen molar-refractivity contribution in [1.82, 2.24) is 4.90 Å². The van der Waals surface area contributed by atoms with Gasteiger partial charge in [-0.15, -0.1) is 0 Å². The predicted octanol–water partition coefficient (Wildman–Crippen LogP) is 1.18. The maximum absolute atomic E-state index is 11.7. The van der Waals surface area contributed by atoms with E-state index in [9.17, 15) is 9.59 Å². The molecule has 90 valence electrons. The Hall–Kier alpha value is -1.72. The van der Waals surface area contributed by atoms with Gasteiger partial charge >= 0.3 is 12.1 Å². The first kappa shape index (κ1) is 12.4. The minimum atomic E-state index is -1.13. The molecular formula is C10H15NO5. The molecule has 1 aliphatic heterocycles. The minimum absolute atomic E-state index is 0.0783. The number of carbonyl (C=O) groups is 2. The van der Waals surface area contributed by atoms with E-state index in [0.29, 0.717) is 0 Å². The topological polar surface area (TPSA) is 76.1 Å². The number of hydrogen-bond donors (Lipinski definition) is 1. The number of carboxylic acids is 1. The van der Waals surface area contributed by atoms with Crippen molar-refractivity contribution in [2.75, 3.05) is 6.61 Å². The molecule has 0 aliphatic carbocycles. The monoisotopic (exact) mass is 229 g/mol. The van der Waals surface area contributed by atoms with Crippen LogP contribution in [0.3, 0.4) is 0 Å². The number of carboxylic acid groups (broad SMARTS) is 1. The molecule has 0 fully saturated rings. The minimum Gasteiger partial charge on any atom is -0.497 e. The summed E-state index contributed by atoms with van der Waals surface area (Å²) in [4.78, 5) is 23.5. The molecule has 1 heterocycles. The molecule has 0 spiro atoms. The molecule has 0 aromatic carbocycles. The van der Waals surface area contributed by atoms with E-state index < -0.39 is 23.7 Å². The fourth-order valence-electron chi connectivity index (χ4n) is 1.13. The lowest BCUT2D eigenvalue weighted by Crippen LogP contribution is -2.47. The summed E-state index contributed by atoms with van der Waals surface area (Å²) in [5, 5.41) is 8.89.